The number of hydrogen-bond acceptors (Lipinski definition) is 25. The molecule has 48 nitrogen and oxygen atoms in total. The van der Waals surface area contributed by atoms with E-state index in [-0.39, 0.29) is 133 Å². The van der Waals surface area contributed by atoms with Crippen LogP contribution in [0.4, 0.5) is 0 Å². The number of aliphatic imine (C=N–C) groups is 4. The molecule has 36 N–H and O–H groups in total. The minimum atomic E-state index is -1.96. The number of carboxylic acids is 1. The molecule has 0 saturated carbocycles. The van der Waals surface area contributed by atoms with Gasteiger partial charge in [-0.3, -0.25) is 91.9 Å². The topological polar surface area (TPSA) is 809 Å². The molecule has 1 fully saturated rings. The third-order valence-electron chi connectivity index (χ3n) is 17.8. The Bertz CT molecular complexity index is 3710. The number of carboxylic acid groups (broad SMARTS) is 1. The van der Waals surface area contributed by atoms with Crippen molar-refractivity contribution in [2.24, 2.45) is 83.4 Å². The number of likely N-dealkylation sites (tertiary alicyclic amines) is 1. The molecule has 15 amide bonds. The molecule has 1 aliphatic rings. The van der Waals surface area contributed by atoms with Gasteiger partial charge < -0.3 is 151 Å². The predicted molar refractivity (Wildman–Crippen MR) is 440 cm³/mol. The number of aliphatic hydroxyl groups is 3. The fourth-order valence-electron chi connectivity index (χ4n) is 11.6. The summed E-state index contributed by atoms with van der Waals surface area (Å²) >= 11 is 4.18. The normalized spacial score (nSPS) is 15.2. The summed E-state index contributed by atoms with van der Waals surface area (Å²) in [7, 11) is 0. The number of nitrogens with two attached hydrogens (primary N) is 9. The number of carbonyl (C=O) groups is 16. The number of nitrogens with zero attached hydrogens (tertiary/aromatic N) is 5. The average Bonchev–Trinajstić information content (AvgIpc) is 1.37. The van der Waals surface area contributed by atoms with Gasteiger partial charge in [-0.15, -0.1) is 0 Å². The molecular weight excluding hydrogens is 1600 g/mol. The Morgan fingerprint density at radius 1 is 0.425 bits per heavy atom. The van der Waals surface area contributed by atoms with Crippen molar-refractivity contribution in [3.05, 3.63) is 35.9 Å². The number of guanidine groups is 4. The lowest BCUT2D eigenvalue weighted by Gasteiger charge is -2.28. The Labute approximate surface area is 698 Å². The van der Waals surface area contributed by atoms with Gasteiger partial charge in [-0.05, 0) is 101 Å². The average molecular weight is 1720 g/mol. The monoisotopic (exact) mass is 1720 g/mol. The molecule has 1 saturated heterocycles. The van der Waals surface area contributed by atoms with Gasteiger partial charge in [-0.1, -0.05) is 58.0 Å². The van der Waals surface area contributed by atoms with Gasteiger partial charge in [-0.25, -0.2) is 4.79 Å². The summed E-state index contributed by atoms with van der Waals surface area (Å²) in [5.74, 6) is -17.7. The van der Waals surface area contributed by atoms with Crippen molar-refractivity contribution in [1.82, 2.24) is 79.3 Å². The summed E-state index contributed by atoms with van der Waals surface area (Å²) in [5, 5.41) is 74.7. The number of aliphatic carboxylic acids is 1. The van der Waals surface area contributed by atoms with Gasteiger partial charge in [0.15, 0.2) is 23.8 Å². The zero-order valence-corrected chi connectivity index (χ0v) is 68.8. The molecule has 0 radical (unpaired) electrons. The first-order chi connectivity index (χ1) is 56.6. The number of carbonyl (C=O) groups excluding carboxylic acids is 15. The second kappa shape index (κ2) is 55.6. The molecule has 1 aliphatic heterocycles. The van der Waals surface area contributed by atoms with Crippen molar-refractivity contribution < 1.29 is 97.1 Å². The predicted octanol–water partition coefficient (Wildman–Crippen LogP) is -12.5. The highest BCUT2D eigenvalue weighted by atomic mass is 32.1. The summed E-state index contributed by atoms with van der Waals surface area (Å²) < 4.78 is 0. The maximum absolute atomic E-state index is 14.6. The molecule has 0 unspecified atom stereocenters. The van der Waals surface area contributed by atoms with Crippen LogP contribution < -0.4 is 126 Å². The molecule has 13 atom stereocenters. The van der Waals surface area contributed by atoms with E-state index in [0.29, 0.717) is 18.4 Å². The minimum Gasteiger partial charge on any atom is -0.480 e. The Balaban J connectivity index is 2.37. The van der Waals surface area contributed by atoms with E-state index in [0.717, 1.165) is 0 Å². The summed E-state index contributed by atoms with van der Waals surface area (Å²) in [4.78, 5) is 234. The smallest absolute Gasteiger partial charge is 0.326 e. The lowest BCUT2D eigenvalue weighted by Crippen LogP contribution is -2.62. The molecule has 1 aromatic rings. The quantitative estimate of drug-likeness (QED) is 0.0125. The maximum Gasteiger partial charge on any atom is 0.326 e. The molecule has 0 aromatic heterocycles. The van der Waals surface area contributed by atoms with E-state index in [1.807, 2.05) is 13.8 Å². The molecule has 672 valence electrons. The SMILES string of the molecule is CC(C)C[C@H](NC(=O)[C@H](CO)NC(=O)[C@H](CCCN=C(N)N)NC(=O)[C@@H]1CCCN1C(=O)CNC(=O)[C@H](C)NC(=O)[C@@H](N)CC(C)C)C(=O)N[C@@H](CCCN=C(N)N)C(=O)N[C@@H](CCCN=C(N)N)C(=O)N[C@@H](CO)C(=O)N[C@@H](CO)C(=O)N[C@@H](CS)C(=O)N[C@@H](Cc1ccccc1)C(=O)NCC(=O)NCC(=O)N[C@@H](CCCN=C(N)N)C(=O)O. The second-order valence-electron chi connectivity index (χ2n) is 28.8. The molecular formula is C71H122N28O20S. The van der Waals surface area contributed by atoms with E-state index in [4.69, 9.17) is 51.6 Å². The molecule has 1 aromatic carbocycles. The van der Waals surface area contributed by atoms with Gasteiger partial charge in [0.25, 0.3) is 0 Å². The van der Waals surface area contributed by atoms with Crippen LogP contribution in [0, 0.1) is 11.8 Å². The van der Waals surface area contributed by atoms with Gasteiger partial charge in [0.05, 0.1) is 45.5 Å². The van der Waals surface area contributed by atoms with Crippen LogP contribution in [0.15, 0.2) is 50.3 Å². The number of hydrogen-bond donors (Lipinski definition) is 28. The Kier molecular flexibility index (Phi) is 48.3. The first-order valence-corrected chi connectivity index (χ1v) is 39.4. The Morgan fingerprint density at radius 2 is 0.800 bits per heavy atom. The van der Waals surface area contributed by atoms with Crippen molar-refractivity contribution in [2.75, 3.05) is 77.9 Å². The second-order valence-corrected chi connectivity index (χ2v) is 29.1. The highest BCUT2D eigenvalue weighted by Gasteiger charge is 2.39. The molecule has 0 spiro atoms. The molecule has 120 heavy (non-hydrogen) atoms. The number of nitrogens with one attached hydrogen (secondary N) is 14. The highest BCUT2D eigenvalue weighted by molar-refractivity contribution is 7.80. The van der Waals surface area contributed by atoms with Crippen molar-refractivity contribution in [2.45, 2.75) is 197 Å². The summed E-state index contributed by atoms with van der Waals surface area (Å²) in [6.07, 6.45) is -0.152. The standard InChI is InChI=1S/C71H122N28O20S/c1-36(2)26-40(72)56(107)88-38(5)55(106)87-31-54(105)99-25-13-20-51(99)66(117)92-43(18-11-23-83-70(77)78)60(111)95-47(32-100)62(113)93-45(27-37(3)4)61(112)91-41(16-9-21-81-68(73)74)58(109)90-42(17-10-22-82-69(75)76)59(110)96-48(33-101)63(114)97-49(34-102)64(115)98-50(35-120)65(116)94-46(28-39-14-7-6-8-15-39)57(108)86-29-52(103)85-30-53(104)89-44(67(118)119)19-12-24-84-71(79)80/h6-8,14-15,36-38,40-51,100-102,120H,9-13,16-35,72H2,1-5H3,(H,85,103)(H,86,108)(H,87,106)(H,88,107)(H,89,104)(H,90,109)(H,91,112)(H,92,117)(H,93,113)(H,94,116)(H,95,111)(H,96,110)(H,97,114)(H,98,115)(H,118,119)(H4,73,74,81)(H4,75,76,82)(H4,77,78,83)(H4,79,80,84)/t38-,40-,41-,42-,43-,44-,45-,46-,47-,48-,49-,50-,51-/m0/s1. The van der Waals surface area contributed by atoms with E-state index in [1.54, 1.807) is 44.2 Å². The highest BCUT2D eigenvalue weighted by Crippen LogP contribution is 2.19. The number of amides is 15. The molecule has 2 rings (SSSR count). The van der Waals surface area contributed by atoms with Gasteiger partial charge in [0.2, 0.25) is 88.6 Å². The third-order valence-corrected chi connectivity index (χ3v) is 18.2. The van der Waals surface area contributed by atoms with Crippen LogP contribution in [-0.2, 0) is 83.1 Å². The Morgan fingerprint density at radius 3 is 1.23 bits per heavy atom. The Hall–Kier alpha value is -12.0. The first kappa shape index (κ1) is 104. The summed E-state index contributed by atoms with van der Waals surface area (Å²) in [6.45, 7) is 2.93. The van der Waals surface area contributed by atoms with Crippen molar-refractivity contribution >= 4 is 131 Å². The zero-order valence-electron chi connectivity index (χ0n) is 67.9. The molecule has 0 aliphatic carbocycles. The largest absolute Gasteiger partial charge is 0.480 e. The van der Waals surface area contributed by atoms with Crippen LogP contribution in [0.2, 0.25) is 0 Å². The van der Waals surface area contributed by atoms with Crippen LogP contribution in [-0.4, -0.2) is 300 Å². The molecule has 49 heteroatoms. The molecule has 1 heterocycles. The van der Waals surface area contributed by atoms with E-state index in [1.165, 1.54) is 11.8 Å². The number of thiol groups is 1. The maximum atomic E-state index is 14.6. The van der Waals surface area contributed by atoms with Crippen LogP contribution in [0.1, 0.15) is 117 Å². The summed E-state index contributed by atoms with van der Waals surface area (Å²) in [5.41, 5.74) is 50.2. The lowest BCUT2D eigenvalue weighted by molar-refractivity contribution is -0.142. The zero-order chi connectivity index (χ0) is 90.3. The van der Waals surface area contributed by atoms with Gasteiger partial charge in [-0.2, -0.15) is 12.6 Å². The number of benzene rings is 1. The van der Waals surface area contributed by atoms with Gasteiger partial charge in [0, 0.05) is 44.9 Å². The minimum absolute atomic E-state index is 0.0243. The fraction of sp³-hybridized carbons (Fsp3) is 0.634. The van der Waals surface area contributed by atoms with Crippen molar-refractivity contribution in [1.29, 1.82) is 0 Å². The summed E-state index contributed by atoms with van der Waals surface area (Å²) in [6, 6.07) is -11.4. The fourth-order valence-corrected chi connectivity index (χ4v) is 11.9. The van der Waals surface area contributed by atoms with E-state index >= 15 is 0 Å². The third kappa shape index (κ3) is 40.9. The van der Waals surface area contributed by atoms with Crippen LogP contribution in [0.25, 0.3) is 0 Å². The van der Waals surface area contributed by atoms with Crippen LogP contribution in [0.5, 0.6) is 0 Å². The van der Waals surface area contributed by atoms with E-state index in [2.05, 4.69) is 107 Å². The van der Waals surface area contributed by atoms with Gasteiger partial charge in [0.1, 0.15) is 72.5 Å². The van der Waals surface area contributed by atoms with Crippen molar-refractivity contribution in [3.8, 4) is 0 Å². The van der Waals surface area contributed by atoms with E-state index < -0.39 is 224 Å². The van der Waals surface area contributed by atoms with Gasteiger partial charge >= 0.3 is 5.97 Å². The molecule has 0 bridgehead atoms. The first-order valence-electron chi connectivity index (χ1n) is 38.8. The van der Waals surface area contributed by atoms with Crippen LogP contribution in [0.3, 0.4) is 0 Å². The van der Waals surface area contributed by atoms with Crippen molar-refractivity contribution in [3.63, 3.8) is 0 Å². The lowest BCUT2D eigenvalue weighted by atomic mass is 10.0. The number of aliphatic hydroxyl groups excluding tert-OH is 3. The van der Waals surface area contributed by atoms with Crippen LogP contribution >= 0.6 is 12.6 Å². The van der Waals surface area contributed by atoms with E-state index in [9.17, 15) is 97.1 Å². The number of rotatable bonds is 56.